The van der Waals surface area contributed by atoms with Gasteiger partial charge in [-0.25, -0.2) is 23.5 Å². The van der Waals surface area contributed by atoms with E-state index in [9.17, 15) is 13.5 Å². The second-order valence-corrected chi connectivity index (χ2v) is 5.36. The fourth-order valence-electron chi connectivity index (χ4n) is 0.865. The average molecular weight is 252 g/mol. The molecule has 1 rings (SSSR count). The molecule has 2 atom stereocenters. The van der Waals surface area contributed by atoms with Crippen molar-refractivity contribution in [3.63, 3.8) is 0 Å². The van der Waals surface area contributed by atoms with E-state index in [0.29, 0.717) is 5.02 Å². The highest BCUT2D eigenvalue weighted by atomic mass is 35.5. The highest BCUT2D eigenvalue weighted by Crippen LogP contribution is 2.17. The fourth-order valence-corrected chi connectivity index (χ4v) is 1.44. The monoisotopic (exact) mass is 251 g/mol. The number of nitrogens with two attached hydrogens (primary N) is 1. The molecule has 8 heteroatoms. The van der Waals surface area contributed by atoms with Gasteiger partial charge >= 0.3 is 0 Å². The normalized spacial score (nSPS) is 16.0. The lowest BCUT2D eigenvalue weighted by atomic mass is 10.2. The number of aliphatic hydroxyl groups excluding tert-OH is 1. The van der Waals surface area contributed by atoms with Crippen molar-refractivity contribution in [1.29, 1.82) is 0 Å². The van der Waals surface area contributed by atoms with Crippen molar-refractivity contribution in [2.24, 2.45) is 5.14 Å². The number of rotatable bonds is 3. The van der Waals surface area contributed by atoms with Crippen molar-refractivity contribution in [1.82, 2.24) is 9.97 Å². The molecule has 0 fully saturated rings. The lowest BCUT2D eigenvalue weighted by molar-refractivity contribution is 0.166. The molecule has 0 bridgehead atoms. The molecule has 0 saturated carbocycles. The van der Waals surface area contributed by atoms with Crippen molar-refractivity contribution in [2.45, 2.75) is 18.3 Å². The van der Waals surface area contributed by atoms with Crippen LogP contribution in [0, 0.1) is 0 Å². The molecule has 1 heterocycles. The molecule has 6 nitrogen and oxygen atoms in total. The third-order valence-corrected chi connectivity index (χ3v) is 3.36. The number of halogens is 1. The van der Waals surface area contributed by atoms with Gasteiger partial charge < -0.3 is 5.11 Å². The van der Waals surface area contributed by atoms with Gasteiger partial charge in [-0.2, -0.15) is 0 Å². The Morgan fingerprint density at radius 3 is 2.33 bits per heavy atom. The molecule has 0 saturated heterocycles. The summed E-state index contributed by atoms with van der Waals surface area (Å²) < 4.78 is 21.9. The molecule has 0 aromatic carbocycles. The highest BCUT2D eigenvalue weighted by molar-refractivity contribution is 7.89. The van der Waals surface area contributed by atoms with Crippen LogP contribution in [0.2, 0.25) is 5.02 Å². The molecule has 0 aliphatic rings. The van der Waals surface area contributed by atoms with Gasteiger partial charge in [0, 0.05) is 12.4 Å². The standard InChI is InChI=1S/C7H10ClN3O3S/c1-4(15(9,13)14)6(12)7-10-2-5(8)3-11-7/h2-4,6,12H,1H3,(H2,9,13,14)/t4-,6+/m0/s1. The van der Waals surface area contributed by atoms with Gasteiger partial charge in [-0.15, -0.1) is 0 Å². The first-order chi connectivity index (χ1) is 6.82. The zero-order valence-electron chi connectivity index (χ0n) is 7.83. The summed E-state index contributed by atoms with van der Waals surface area (Å²) >= 11 is 5.54. The van der Waals surface area contributed by atoms with Gasteiger partial charge in [0.15, 0.2) is 5.82 Å². The molecule has 0 unspecified atom stereocenters. The number of primary sulfonamides is 1. The molecule has 0 amide bonds. The maximum atomic E-state index is 10.9. The Kier molecular flexibility index (Phi) is 3.61. The quantitative estimate of drug-likeness (QED) is 0.776. The van der Waals surface area contributed by atoms with E-state index >= 15 is 0 Å². The van der Waals surface area contributed by atoms with Crippen molar-refractivity contribution >= 4 is 21.6 Å². The van der Waals surface area contributed by atoms with Crippen molar-refractivity contribution < 1.29 is 13.5 Å². The van der Waals surface area contributed by atoms with E-state index < -0.39 is 21.4 Å². The van der Waals surface area contributed by atoms with E-state index in [1.807, 2.05) is 0 Å². The molecule has 3 N–H and O–H groups in total. The Labute approximate surface area is 92.2 Å². The molecule has 15 heavy (non-hydrogen) atoms. The van der Waals surface area contributed by atoms with Gasteiger partial charge in [0.25, 0.3) is 0 Å². The second kappa shape index (κ2) is 4.40. The van der Waals surface area contributed by atoms with Crippen LogP contribution in [0.25, 0.3) is 0 Å². The number of nitrogens with zero attached hydrogens (tertiary/aromatic N) is 2. The average Bonchev–Trinajstić information content (AvgIpc) is 2.15. The van der Waals surface area contributed by atoms with Crippen LogP contribution in [-0.2, 0) is 10.0 Å². The number of sulfonamides is 1. The summed E-state index contributed by atoms with van der Waals surface area (Å²) in [4.78, 5) is 7.40. The molecular formula is C7H10ClN3O3S. The number of hydrogen-bond donors (Lipinski definition) is 2. The third-order valence-electron chi connectivity index (χ3n) is 1.87. The Morgan fingerprint density at radius 1 is 1.47 bits per heavy atom. The van der Waals surface area contributed by atoms with Crippen LogP contribution in [0.3, 0.4) is 0 Å². The molecular weight excluding hydrogens is 242 g/mol. The van der Waals surface area contributed by atoms with Crippen LogP contribution in [0.5, 0.6) is 0 Å². The van der Waals surface area contributed by atoms with E-state index in [-0.39, 0.29) is 5.82 Å². The van der Waals surface area contributed by atoms with Crippen LogP contribution in [-0.4, -0.2) is 28.7 Å². The molecule has 1 aromatic heterocycles. The van der Waals surface area contributed by atoms with Gasteiger partial charge in [0.2, 0.25) is 10.0 Å². The van der Waals surface area contributed by atoms with E-state index in [1.54, 1.807) is 0 Å². The minimum atomic E-state index is -3.82. The van der Waals surface area contributed by atoms with Gasteiger partial charge in [-0.1, -0.05) is 11.6 Å². The van der Waals surface area contributed by atoms with Crippen LogP contribution in [0.4, 0.5) is 0 Å². The Morgan fingerprint density at radius 2 is 1.93 bits per heavy atom. The number of aromatic nitrogens is 2. The van der Waals surface area contributed by atoms with Crippen LogP contribution in [0.1, 0.15) is 18.9 Å². The van der Waals surface area contributed by atoms with E-state index in [4.69, 9.17) is 16.7 Å². The molecule has 1 aromatic rings. The summed E-state index contributed by atoms with van der Waals surface area (Å²) in [5.74, 6) is -0.0269. The molecule has 84 valence electrons. The summed E-state index contributed by atoms with van der Waals surface area (Å²) in [7, 11) is -3.82. The summed E-state index contributed by atoms with van der Waals surface area (Å²) in [6, 6.07) is 0. The SMILES string of the molecule is C[C@@H]([C@@H](O)c1ncc(Cl)cn1)S(N)(=O)=O. The predicted octanol–water partition coefficient (Wildman–Crippen LogP) is -0.160. The lowest BCUT2D eigenvalue weighted by Crippen LogP contribution is -2.32. The van der Waals surface area contributed by atoms with Crippen LogP contribution < -0.4 is 5.14 Å². The minimum absolute atomic E-state index is 0.0269. The largest absolute Gasteiger partial charge is 0.384 e. The summed E-state index contributed by atoms with van der Waals surface area (Å²) in [5, 5.41) is 13.6. The highest BCUT2D eigenvalue weighted by Gasteiger charge is 2.27. The predicted molar refractivity (Wildman–Crippen MR) is 54.6 cm³/mol. The van der Waals surface area contributed by atoms with Gasteiger partial charge in [0.1, 0.15) is 11.4 Å². The van der Waals surface area contributed by atoms with E-state index in [2.05, 4.69) is 9.97 Å². The third kappa shape index (κ3) is 3.10. The summed E-state index contributed by atoms with van der Waals surface area (Å²) in [6.07, 6.45) is 1.17. The van der Waals surface area contributed by atoms with Gasteiger partial charge in [0.05, 0.1) is 5.02 Å². The number of aliphatic hydroxyl groups is 1. The Bertz CT molecular complexity index is 433. The van der Waals surface area contributed by atoms with Gasteiger partial charge in [-0.3, -0.25) is 0 Å². The van der Waals surface area contributed by atoms with Crippen LogP contribution >= 0.6 is 11.6 Å². The van der Waals surface area contributed by atoms with Crippen molar-refractivity contribution in [3.05, 3.63) is 23.2 Å². The van der Waals surface area contributed by atoms with Crippen molar-refractivity contribution in [3.8, 4) is 0 Å². The fraction of sp³-hybridized carbons (Fsp3) is 0.429. The molecule has 0 radical (unpaired) electrons. The molecule has 0 aliphatic carbocycles. The van der Waals surface area contributed by atoms with E-state index in [0.717, 1.165) is 0 Å². The minimum Gasteiger partial charge on any atom is -0.384 e. The second-order valence-electron chi connectivity index (χ2n) is 3.00. The van der Waals surface area contributed by atoms with E-state index in [1.165, 1.54) is 19.3 Å². The Hall–Kier alpha value is -0.760. The summed E-state index contributed by atoms with van der Waals surface area (Å²) in [6.45, 7) is 1.28. The van der Waals surface area contributed by atoms with Gasteiger partial charge in [-0.05, 0) is 6.92 Å². The maximum Gasteiger partial charge on any atom is 0.214 e. The van der Waals surface area contributed by atoms with Crippen LogP contribution in [0.15, 0.2) is 12.4 Å². The zero-order valence-corrected chi connectivity index (χ0v) is 9.40. The lowest BCUT2D eigenvalue weighted by Gasteiger charge is -2.14. The smallest absolute Gasteiger partial charge is 0.214 e. The zero-order chi connectivity index (χ0) is 11.6. The topological polar surface area (TPSA) is 106 Å². The maximum absolute atomic E-state index is 10.9. The first-order valence-corrected chi connectivity index (χ1v) is 5.98. The first kappa shape index (κ1) is 12.3. The molecule has 0 spiro atoms. The summed E-state index contributed by atoms with van der Waals surface area (Å²) in [5.41, 5.74) is 0. The molecule has 0 aliphatic heterocycles. The first-order valence-electron chi connectivity index (χ1n) is 3.99. The van der Waals surface area contributed by atoms with Crippen molar-refractivity contribution in [2.75, 3.05) is 0 Å². The Balaban J connectivity index is 2.95. The number of hydrogen-bond acceptors (Lipinski definition) is 5.